The van der Waals surface area contributed by atoms with Gasteiger partial charge in [-0.05, 0) is 56.9 Å². The minimum absolute atomic E-state index is 0.0317. The number of carbonyl (C=O) groups excluding carboxylic acids is 1. The zero-order valence-corrected chi connectivity index (χ0v) is 16.2. The van der Waals surface area contributed by atoms with E-state index in [0.29, 0.717) is 6.42 Å². The Morgan fingerprint density at radius 2 is 2.03 bits per heavy atom. The van der Waals surface area contributed by atoms with Gasteiger partial charge in [0, 0.05) is 17.8 Å². The van der Waals surface area contributed by atoms with Gasteiger partial charge in [-0.3, -0.25) is 4.79 Å². The largest absolute Gasteiger partial charge is 0.456 e. The van der Waals surface area contributed by atoms with Crippen LogP contribution in [0.2, 0.25) is 0 Å². The van der Waals surface area contributed by atoms with Crippen LogP contribution < -0.4 is 16.4 Å². The van der Waals surface area contributed by atoms with Crippen LogP contribution in [-0.2, 0) is 6.18 Å². The van der Waals surface area contributed by atoms with E-state index in [1.165, 1.54) is 25.1 Å². The summed E-state index contributed by atoms with van der Waals surface area (Å²) in [6, 6.07) is 6.24. The number of alkyl halides is 3. The maximum absolute atomic E-state index is 13.5. The van der Waals surface area contributed by atoms with Crippen molar-refractivity contribution in [3.63, 3.8) is 0 Å². The zero-order chi connectivity index (χ0) is 21.9. The molecule has 4 N–H and O–H groups in total. The number of hydrogen-bond donors (Lipinski definition) is 3. The summed E-state index contributed by atoms with van der Waals surface area (Å²) in [6.07, 6.45) is -1.75. The van der Waals surface area contributed by atoms with Crippen molar-refractivity contribution < 1.29 is 26.8 Å². The number of rotatable bonds is 3. The second-order valence-corrected chi connectivity index (χ2v) is 7.27. The van der Waals surface area contributed by atoms with E-state index in [0.717, 1.165) is 25.3 Å². The van der Waals surface area contributed by atoms with Crippen molar-refractivity contribution in [3.8, 4) is 0 Å². The van der Waals surface area contributed by atoms with Crippen LogP contribution in [0.3, 0.4) is 0 Å². The van der Waals surface area contributed by atoms with E-state index in [2.05, 4.69) is 20.0 Å². The van der Waals surface area contributed by atoms with E-state index in [9.17, 15) is 22.4 Å². The molecule has 1 aromatic carbocycles. The molecule has 1 aliphatic carbocycles. The van der Waals surface area contributed by atoms with Crippen LogP contribution >= 0.6 is 0 Å². The summed E-state index contributed by atoms with van der Waals surface area (Å²) in [5.41, 5.74) is 5.57. The average molecular weight is 426 g/mol. The number of furan rings is 1. The number of nitrogens with zero attached hydrogens (tertiary/aromatic N) is 1. The molecule has 1 amide bonds. The fourth-order valence-electron chi connectivity index (χ4n) is 3.40. The van der Waals surface area contributed by atoms with Crippen LogP contribution in [0, 0.1) is 12.7 Å². The maximum Gasteiger partial charge on any atom is 0.450 e. The first-order valence-electron chi connectivity index (χ1n) is 9.47. The number of aliphatic imine (C=N–C) groups is 1. The minimum atomic E-state index is -4.84. The summed E-state index contributed by atoms with van der Waals surface area (Å²) in [7, 11) is 0. The summed E-state index contributed by atoms with van der Waals surface area (Å²) in [6.45, 7) is 1.31. The summed E-state index contributed by atoms with van der Waals surface area (Å²) >= 11 is 0. The van der Waals surface area contributed by atoms with Crippen LogP contribution in [0.15, 0.2) is 39.7 Å². The molecule has 2 aromatic rings. The number of nitrogens with one attached hydrogen (secondary N) is 2. The lowest BCUT2D eigenvalue weighted by Gasteiger charge is -2.28. The Labute approximate surface area is 170 Å². The van der Waals surface area contributed by atoms with E-state index in [4.69, 9.17) is 5.73 Å². The third-order valence-corrected chi connectivity index (χ3v) is 4.70. The van der Waals surface area contributed by atoms with Crippen LogP contribution in [0.4, 0.5) is 23.2 Å². The Balaban J connectivity index is 1.90. The molecule has 162 valence electrons. The van der Waals surface area contributed by atoms with Crippen molar-refractivity contribution in [2.45, 2.75) is 50.9 Å². The highest BCUT2D eigenvalue weighted by molar-refractivity contribution is 6.07. The number of aryl methyl sites for hydroxylation is 1. The van der Waals surface area contributed by atoms with Gasteiger partial charge in [-0.2, -0.15) is 18.2 Å². The quantitative estimate of drug-likeness (QED) is 0.388. The van der Waals surface area contributed by atoms with Gasteiger partial charge in [0.25, 0.3) is 5.91 Å². The number of benzene rings is 1. The molecule has 1 saturated carbocycles. The fraction of sp³-hybridized carbons (Fsp3) is 0.400. The van der Waals surface area contributed by atoms with Crippen molar-refractivity contribution >= 4 is 17.6 Å². The minimum Gasteiger partial charge on any atom is -0.456 e. The van der Waals surface area contributed by atoms with E-state index in [-0.39, 0.29) is 29.5 Å². The number of nitrogens with two attached hydrogens (primary N) is 1. The molecule has 6 nitrogen and oxygen atoms in total. The lowest BCUT2D eigenvalue weighted by molar-refractivity contribution is -0.153. The van der Waals surface area contributed by atoms with Gasteiger partial charge in [0.15, 0.2) is 0 Å². The predicted molar refractivity (Wildman–Crippen MR) is 104 cm³/mol. The molecule has 1 heterocycles. The van der Waals surface area contributed by atoms with Gasteiger partial charge in [-0.25, -0.2) is 4.39 Å². The molecule has 2 atom stereocenters. The highest BCUT2D eigenvalue weighted by atomic mass is 19.4. The number of amides is 1. The summed E-state index contributed by atoms with van der Waals surface area (Å²) in [5, 5.41) is 5.80. The summed E-state index contributed by atoms with van der Waals surface area (Å²) < 4.78 is 57.7. The van der Waals surface area contributed by atoms with Crippen LogP contribution in [0.25, 0.3) is 0 Å². The zero-order valence-electron chi connectivity index (χ0n) is 16.2. The molecule has 0 radical (unpaired) electrons. The number of carbonyl (C=O) groups is 1. The van der Waals surface area contributed by atoms with Crippen molar-refractivity contribution in [3.05, 3.63) is 53.2 Å². The Bertz CT molecular complexity index is 939. The van der Waals surface area contributed by atoms with Crippen molar-refractivity contribution in [2.75, 3.05) is 5.32 Å². The first-order chi connectivity index (χ1) is 14.1. The summed E-state index contributed by atoms with van der Waals surface area (Å²) in [4.78, 5) is 16.4. The Morgan fingerprint density at radius 1 is 1.27 bits per heavy atom. The first kappa shape index (κ1) is 21.8. The molecular formula is C20H22F4N4O2. The molecule has 1 fully saturated rings. The first-order valence-corrected chi connectivity index (χ1v) is 9.47. The normalized spacial score (nSPS) is 20.1. The van der Waals surface area contributed by atoms with Gasteiger partial charge < -0.3 is 20.8 Å². The highest BCUT2D eigenvalue weighted by Crippen LogP contribution is 2.34. The van der Waals surface area contributed by atoms with Crippen LogP contribution in [-0.4, -0.2) is 24.0 Å². The third-order valence-electron chi connectivity index (χ3n) is 4.70. The standard InChI is InChI=1S/C20H22F4N4O2/c1-11-8-16(17(30-11)20(22,23)24)18(29)28-19(26-14-6-2-4-12(21)9-14)27-15-7-3-5-13(25)10-15/h2,4,6,8-9,13,15H,3,5,7,10,25H2,1H3,(H2,26,27,28,29). The Hall–Kier alpha value is -2.88. The third kappa shape index (κ3) is 5.59. The highest BCUT2D eigenvalue weighted by Gasteiger charge is 2.40. The molecule has 30 heavy (non-hydrogen) atoms. The molecule has 1 aromatic heterocycles. The average Bonchev–Trinajstić information content (AvgIpc) is 3.04. The number of guanidine groups is 1. The van der Waals surface area contributed by atoms with E-state index in [1.54, 1.807) is 6.07 Å². The second-order valence-electron chi connectivity index (χ2n) is 7.27. The molecule has 3 rings (SSSR count). The van der Waals surface area contributed by atoms with Gasteiger partial charge in [-0.15, -0.1) is 0 Å². The SMILES string of the molecule is Cc1cc(C(=O)/N=C(/Nc2cccc(F)c2)NC2CCCC(N)C2)c(C(F)(F)F)o1. The Morgan fingerprint density at radius 3 is 2.70 bits per heavy atom. The molecule has 10 heteroatoms. The van der Waals surface area contributed by atoms with Crippen LogP contribution in [0.1, 0.15) is 47.6 Å². The van der Waals surface area contributed by atoms with Crippen molar-refractivity contribution in [1.82, 2.24) is 5.32 Å². The van der Waals surface area contributed by atoms with E-state index < -0.39 is 29.2 Å². The van der Waals surface area contributed by atoms with Gasteiger partial charge in [0.05, 0.1) is 5.56 Å². The van der Waals surface area contributed by atoms with Crippen LogP contribution in [0.5, 0.6) is 0 Å². The molecule has 0 aliphatic heterocycles. The monoisotopic (exact) mass is 426 g/mol. The number of anilines is 1. The lowest BCUT2D eigenvalue weighted by Crippen LogP contribution is -2.45. The topological polar surface area (TPSA) is 92.7 Å². The molecule has 1 aliphatic rings. The maximum atomic E-state index is 13.5. The molecule has 2 unspecified atom stereocenters. The predicted octanol–water partition coefficient (Wildman–Crippen LogP) is 4.21. The van der Waals surface area contributed by atoms with Gasteiger partial charge >= 0.3 is 6.18 Å². The van der Waals surface area contributed by atoms with E-state index >= 15 is 0 Å². The molecule has 0 saturated heterocycles. The smallest absolute Gasteiger partial charge is 0.450 e. The van der Waals surface area contributed by atoms with Crippen molar-refractivity contribution in [1.29, 1.82) is 0 Å². The van der Waals surface area contributed by atoms with E-state index in [1.807, 2.05) is 0 Å². The summed E-state index contributed by atoms with van der Waals surface area (Å²) in [5.74, 6) is -3.21. The van der Waals surface area contributed by atoms with Crippen molar-refractivity contribution in [2.24, 2.45) is 10.7 Å². The van der Waals surface area contributed by atoms with Gasteiger partial charge in [0.1, 0.15) is 11.6 Å². The molecule has 0 bridgehead atoms. The number of hydrogen-bond acceptors (Lipinski definition) is 3. The fourth-order valence-corrected chi connectivity index (χ4v) is 3.40. The Kier molecular flexibility index (Phi) is 6.45. The van der Waals surface area contributed by atoms with Gasteiger partial charge in [-0.1, -0.05) is 6.07 Å². The molecule has 0 spiro atoms. The number of halogens is 4. The van der Waals surface area contributed by atoms with Gasteiger partial charge in [0.2, 0.25) is 11.7 Å². The molecular weight excluding hydrogens is 404 g/mol. The lowest BCUT2D eigenvalue weighted by atomic mass is 9.92. The second kappa shape index (κ2) is 8.86.